The van der Waals surface area contributed by atoms with Crippen LogP contribution in [0.15, 0.2) is 152 Å². The Kier molecular flexibility index (Phi) is 8.22. The molecule has 2 heteroatoms. The molecule has 272 valence electrons. The van der Waals surface area contributed by atoms with Crippen LogP contribution in [0, 0.1) is 0 Å². The van der Waals surface area contributed by atoms with Crippen molar-refractivity contribution in [3.8, 4) is 33.4 Å². The van der Waals surface area contributed by atoms with Crippen LogP contribution in [0.3, 0.4) is 0 Å². The van der Waals surface area contributed by atoms with Gasteiger partial charge in [-0.15, -0.1) is 11.3 Å². The second kappa shape index (κ2) is 12.8. The molecule has 0 radical (unpaired) electrons. The molecule has 0 saturated carbocycles. The van der Waals surface area contributed by atoms with Gasteiger partial charge < -0.3 is 4.90 Å². The first-order chi connectivity index (χ1) is 26.3. The topological polar surface area (TPSA) is 3.24 Å². The first-order valence-electron chi connectivity index (χ1n) is 19.6. The molecule has 0 spiro atoms. The summed E-state index contributed by atoms with van der Waals surface area (Å²) in [6, 6.07) is 56.7. The lowest BCUT2D eigenvalue weighted by molar-refractivity contribution is 0.564. The third kappa shape index (κ3) is 5.90. The molecule has 1 aromatic heterocycles. The van der Waals surface area contributed by atoms with Crippen LogP contribution in [-0.4, -0.2) is 0 Å². The Morgan fingerprint density at radius 2 is 1.11 bits per heavy atom. The summed E-state index contributed by atoms with van der Waals surface area (Å²) in [6.45, 7) is 19.0. The normalized spacial score (nSPS) is 13.6. The van der Waals surface area contributed by atoms with E-state index in [-0.39, 0.29) is 16.2 Å². The van der Waals surface area contributed by atoms with Crippen LogP contribution in [0.25, 0.3) is 53.6 Å². The average Bonchev–Trinajstić information content (AvgIpc) is 3.66. The van der Waals surface area contributed by atoms with Crippen molar-refractivity contribution < 1.29 is 0 Å². The van der Waals surface area contributed by atoms with Crippen LogP contribution >= 0.6 is 11.3 Å². The predicted octanol–water partition coefficient (Wildman–Crippen LogP) is 15.8. The minimum absolute atomic E-state index is 0.0408. The highest BCUT2D eigenvalue weighted by atomic mass is 32.1. The number of nitrogens with zero attached hydrogens (tertiary/aromatic N) is 1. The van der Waals surface area contributed by atoms with Crippen molar-refractivity contribution in [2.75, 3.05) is 4.90 Å². The van der Waals surface area contributed by atoms with Crippen molar-refractivity contribution in [3.63, 3.8) is 0 Å². The molecule has 0 fully saturated rings. The molecule has 1 aliphatic rings. The molecule has 55 heavy (non-hydrogen) atoms. The maximum absolute atomic E-state index is 2.52. The summed E-state index contributed by atoms with van der Waals surface area (Å²) in [5, 5.41) is 2.60. The summed E-state index contributed by atoms with van der Waals surface area (Å²) in [5.41, 5.74) is 16.7. The van der Waals surface area contributed by atoms with Gasteiger partial charge in [-0.3, -0.25) is 0 Å². The SMILES string of the molecule is CC(C)(C)c1cc(C(C)(C)C)c2c(c1)C(C)(C)c1cccc(-c3ccccc3N(c3ccc(-c4ccccc4)cc3)c3ccc4sc5ccccc5c4c3)c1-2. The fraction of sp³-hybridized carbons (Fsp3) is 0.208. The molecule has 8 aromatic rings. The van der Waals surface area contributed by atoms with E-state index >= 15 is 0 Å². The summed E-state index contributed by atoms with van der Waals surface area (Å²) < 4.78 is 2.63. The first kappa shape index (κ1) is 35.3. The summed E-state index contributed by atoms with van der Waals surface area (Å²) in [5.74, 6) is 0. The lowest BCUT2D eigenvalue weighted by Crippen LogP contribution is -2.21. The number of hydrogen-bond donors (Lipinski definition) is 0. The zero-order valence-corrected chi connectivity index (χ0v) is 34.1. The maximum Gasteiger partial charge on any atom is 0.0540 e. The van der Waals surface area contributed by atoms with Gasteiger partial charge in [-0.1, -0.05) is 165 Å². The highest BCUT2D eigenvalue weighted by Crippen LogP contribution is 2.57. The molecule has 7 aromatic carbocycles. The summed E-state index contributed by atoms with van der Waals surface area (Å²) in [6.07, 6.45) is 0. The number of rotatable bonds is 5. The van der Waals surface area contributed by atoms with Crippen LogP contribution in [0.2, 0.25) is 0 Å². The standard InChI is InChI=1S/C53H49NS/c1-51(2,3)36-31-44(52(4,5)6)50-45(32-36)53(7,8)43-22-16-21-41(49(43)50)39-19-12-14-23-46(39)54(37-27-25-35(26-28-37)34-17-10-9-11-18-34)38-29-30-48-42(33-38)40-20-13-15-24-47(40)55-48/h9-33H,1-8H3. The molecule has 0 unspecified atom stereocenters. The van der Waals surface area contributed by atoms with Gasteiger partial charge in [0, 0.05) is 42.5 Å². The Balaban J connectivity index is 1.30. The van der Waals surface area contributed by atoms with E-state index in [0.717, 1.165) is 17.1 Å². The Labute approximate surface area is 330 Å². The van der Waals surface area contributed by atoms with E-state index in [9.17, 15) is 0 Å². The second-order valence-electron chi connectivity index (χ2n) is 17.8. The van der Waals surface area contributed by atoms with Gasteiger partial charge in [0.05, 0.1) is 5.69 Å². The van der Waals surface area contributed by atoms with Crippen molar-refractivity contribution in [3.05, 3.63) is 174 Å². The smallest absolute Gasteiger partial charge is 0.0540 e. The van der Waals surface area contributed by atoms with Crippen LogP contribution in [0.1, 0.15) is 77.6 Å². The van der Waals surface area contributed by atoms with E-state index in [0.29, 0.717) is 0 Å². The predicted molar refractivity (Wildman–Crippen MR) is 240 cm³/mol. The second-order valence-corrected chi connectivity index (χ2v) is 18.9. The number of anilines is 3. The molecule has 0 N–H and O–H groups in total. The monoisotopic (exact) mass is 731 g/mol. The molecule has 0 atom stereocenters. The number of benzene rings is 7. The first-order valence-corrected chi connectivity index (χ1v) is 20.4. The lowest BCUT2D eigenvalue weighted by atomic mass is 9.74. The minimum Gasteiger partial charge on any atom is -0.310 e. The average molecular weight is 732 g/mol. The van der Waals surface area contributed by atoms with Gasteiger partial charge in [0.25, 0.3) is 0 Å². The zero-order chi connectivity index (χ0) is 38.3. The van der Waals surface area contributed by atoms with E-state index < -0.39 is 0 Å². The fourth-order valence-electron chi connectivity index (χ4n) is 8.75. The van der Waals surface area contributed by atoms with E-state index in [1.165, 1.54) is 75.8 Å². The summed E-state index contributed by atoms with van der Waals surface area (Å²) in [4.78, 5) is 2.48. The summed E-state index contributed by atoms with van der Waals surface area (Å²) in [7, 11) is 0. The zero-order valence-electron chi connectivity index (χ0n) is 33.3. The van der Waals surface area contributed by atoms with Crippen LogP contribution in [-0.2, 0) is 16.2 Å². The third-order valence-electron chi connectivity index (χ3n) is 11.8. The van der Waals surface area contributed by atoms with Crippen molar-refractivity contribution in [1.82, 2.24) is 0 Å². The fourth-order valence-corrected chi connectivity index (χ4v) is 9.84. The van der Waals surface area contributed by atoms with Crippen molar-refractivity contribution in [2.45, 2.75) is 71.6 Å². The van der Waals surface area contributed by atoms with Crippen molar-refractivity contribution in [1.29, 1.82) is 0 Å². The van der Waals surface area contributed by atoms with Crippen molar-refractivity contribution >= 4 is 48.6 Å². The molecular formula is C53H49NS. The Hall–Kier alpha value is -5.44. The maximum atomic E-state index is 2.52. The van der Waals surface area contributed by atoms with E-state index in [4.69, 9.17) is 0 Å². The van der Waals surface area contributed by atoms with Gasteiger partial charge in [-0.2, -0.15) is 0 Å². The van der Waals surface area contributed by atoms with Gasteiger partial charge >= 0.3 is 0 Å². The number of thiophene rings is 1. The molecular weight excluding hydrogens is 683 g/mol. The molecule has 0 bridgehead atoms. The van der Waals surface area contributed by atoms with Gasteiger partial charge in [0.1, 0.15) is 0 Å². The Morgan fingerprint density at radius 1 is 0.473 bits per heavy atom. The largest absolute Gasteiger partial charge is 0.310 e. The van der Waals surface area contributed by atoms with E-state index in [1.54, 1.807) is 0 Å². The highest BCUT2D eigenvalue weighted by Gasteiger charge is 2.41. The number of para-hydroxylation sites is 1. The van der Waals surface area contributed by atoms with E-state index in [2.05, 4.69) is 212 Å². The summed E-state index contributed by atoms with van der Waals surface area (Å²) >= 11 is 1.87. The molecule has 0 amide bonds. The van der Waals surface area contributed by atoms with Crippen LogP contribution in [0.4, 0.5) is 17.1 Å². The van der Waals surface area contributed by atoms with Gasteiger partial charge in [0.2, 0.25) is 0 Å². The molecule has 9 rings (SSSR count). The van der Waals surface area contributed by atoms with E-state index in [1.807, 2.05) is 11.3 Å². The molecule has 0 aliphatic heterocycles. The van der Waals surface area contributed by atoms with Gasteiger partial charge in [0.15, 0.2) is 0 Å². The minimum atomic E-state index is -0.144. The molecule has 0 saturated heterocycles. The van der Waals surface area contributed by atoms with Crippen molar-refractivity contribution in [2.24, 2.45) is 0 Å². The van der Waals surface area contributed by atoms with Gasteiger partial charge in [-0.05, 0) is 103 Å². The molecule has 1 aliphatic carbocycles. The lowest BCUT2D eigenvalue weighted by Gasteiger charge is -2.31. The highest BCUT2D eigenvalue weighted by molar-refractivity contribution is 7.25. The quantitative estimate of drug-likeness (QED) is 0.170. The Bertz CT molecular complexity index is 2730. The number of fused-ring (bicyclic) bond motifs is 6. The van der Waals surface area contributed by atoms with Gasteiger partial charge in [-0.25, -0.2) is 0 Å². The molecule has 1 heterocycles. The molecule has 1 nitrogen and oxygen atoms in total. The van der Waals surface area contributed by atoms with Crippen LogP contribution in [0.5, 0.6) is 0 Å². The van der Waals surface area contributed by atoms with Crippen LogP contribution < -0.4 is 4.90 Å². The Morgan fingerprint density at radius 3 is 1.85 bits per heavy atom. The number of hydrogen-bond acceptors (Lipinski definition) is 2. The third-order valence-corrected chi connectivity index (χ3v) is 12.9.